The molecule has 0 spiro atoms. The van der Waals surface area contributed by atoms with E-state index in [4.69, 9.17) is 5.21 Å². The lowest BCUT2D eigenvalue weighted by Crippen LogP contribution is -2.73. The quantitative estimate of drug-likeness (QED) is 0.225. The van der Waals surface area contributed by atoms with Gasteiger partial charge in [-0.15, -0.1) is 0 Å². The van der Waals surface area contributed by atoms with E-state index in [9.17, 15) is 14.4 Å². The number of fused-ring (bicyclic) bond motifs is 1. The molecule has 0 atom stereocenters. The number of nitrogens with two attached hydrogens (primary N) is 1. The first-order chi connectivity index (χ1) is 14.9. The number of carbonyl (C=O) groups is 1. The van der Waals surface area contributed by atoms with Gasteiger partial charge in [-0.2, -0.15) is 10.2 Å². The molecule has 0 fully saturated rings. The Morgan fingerprint density at radius 3 is 2.68 bits per heavy atom. The second-order valence-corrected chi connectivity index (χ2v) is 6.92. The van der Waals surface area contributed by atoms with Gasteiger partial charge in [-0.25, -0.2) is 19.6 Å². The van der Waals surface area contributed by atoms with Crippen molar-refractivity contribution in [2.75, 3.05) is 5.32 Å². The van der Waals surface area contributed by atoms with Gasteiger partial charge < -0.3 is 10.5 Å². The van der Waals surface area contributed by atoms with Crippen LogP contribution in [0.4, 0.5) is 15.8 Å². The first kappa shape index (κ1) is 20.2. The van der Waals surface area contributed by atoms with E-state index < -0.39 is 11.7 Å². The number of hydrogen-bond donors (Lipinski definition) is 4. The normalized spacial score (nSPS) is 11.3. The van der Waals surface area contributed by atoms with E-state index in [1.807, 2.05) is 31.2 Å². The molecule has 0 saturated carbocycles. The summed E-state index contributed by atoms with van der Waals surface area (Å²) in [6.45, 7) is 1.98. The number of rotatable bonds is 5. The van der Waals surface area contributed by atoms with Gasteiger partial charge in [-0.3, -0.25) is 4.79 Å². The molecule has 5 N–H and O–H groups in total. The van der Waals surface area contributed by atoms with Crippen LogP contribution in [0, 0.1) is 12.7 Å². The van der Waals surface area contributed by atoms with Gasteiger partial charge in [0.1, 0.15) is 11.3 Å². The predicted octanol–water partition coefficient (Wildman–Crippen LogP) is 3.02. The Labute approximate surface area is 176 Å². The third-order valence-corrected chi connectivity index (χ3v) is 4.64. The lowest BCUT2D eigenvalue weighted by molar-refractivity contribution is -0.825. The van der Waals surface area contributed by atoms with Crippen LogP contribution in [0.2, 0.25) is 0 Å². The number of benzene rings is 2. The SMILES string of the molecule is Cc1ccc(/C=C/C(=O)Nc2ccc(-c3nc4ncc([NH2+]O)cc4n3O)c(F)c2)cc1. The molecule has 0 unspecified atom stereocenters. The highest BCUT2D eigenvalue weighted by atomic mass is 19.1. The molecule has 1 amide bonds. The zero-order valence-electron chi connectivity index (χ0n) is 16.5. The maximum Gasteiger partial charge on any atom is 0.248 e. The van der Waals surface area contributed by atoms with Gasteiger partial charge in [-0.05, 0) is 36.8 Å². The molecule has 9 heteroatoms. The van der Waals surface area contributed by atoms with Gasteiger partial charge in [0.2, 0.25) is 5.91 Å². The summed E-state index contributed by atoms with van der Waals surface area (Å²) in [4.78, 5) is 20.3. The highest BCUT2D eigenvalue weighted by molar-refractivity contribution is 6.02. The Bertz CT molecular complexity index is 1300. The fraction of sp³-hybridized carbons (Fsp3) is 0.0455. The fourth-order valence-corrected chi connectivity index (χ4v) is 3.02. The number of carbonyl (C=O) groups excluding carboxylic acids is 1. The van der Waals surface area contributed by atoms with Crippen molar-refractivity contribution < 1.29 is 25.1 Å². The zero-order chi connectivity index (χ0) is 22.0. The first-order valence-corrected chi connectivity index (χ1v) is 9.35. The summed E-state index contributed by atoms with van der Waals surface area (Å²) in [7, 11) is 0. The lowest BCUT2D eigenvalue weighted by atomic mass is 10.1. The van der Waals surface area contributed by atoms with Gasteiger partial charge in [0, 0.05) is 17.8 Å². The second-order valence-electron chi connectivity index (χ2n) is 6.92. The average Bonchev–Trinajstić information content (AvgIpc) is 3.09. The molecule has 31 heavy (non-hydrogen) atoms. The first-order valence-electron chi connectivity index (χ1n) is 9.35. The number of aryl methyl sites for hydroxylation is 1. The number of quaternary nitrogens is 1. The number of halogens is 1. The van der Waals surface area contributed by atoms with Crippen molar-refractivity contribution >= 4 is 34.5 Å². The zero-order valence-corrected chi connectivity index (χ0v) is 16.5. The number of amides is 1. The van der Waals surface area contributed by atoms with Gasteiger partial charge >= 0.3 is 0 Å². The molecule has 0 aliphatic heterocycles. The predicted molar refractivity (Wildman–Crippen MR) is 112 cm³/mol. The largest absolute Gasteiger partial charge is 0.426 e. The number of nitrogens with zero attached hydrogens (tertiary/aromatic N) is 3. The molecule has 2 aromatic carbocycles. The third kappa shape index (κ3) is 4.27. The number of aromatic nitrogens is 3. The molecule has 4 rings (SSSR count). The molecule has 0 aliphatic rings. The van der Waals surface area contributed by atoms with Gasteiger partial charge in [-0.1, -0.05) is 29.8 Å². The summed E-state index contributed by atoms with van der Waals surface area (Å²) < 4.78 is 15.4. The van der Waals surface area contributed by atoms with Crippen LogP contribution in [0.3, 0.4) is 0 Å². The summed E-state index contributed by atoms with van der Waals surface area (Å²) in [5.74, 6) is -1.13. The van der Waals surface area contributed by atoms with Crippen LogP contribution in [0.1, 0.15) is 11.1 Å². The van der Waals surface area contributed by atoms with E-state index in [1.165, 1.54) is 30.5 Å². The van der Waals surface area contributed by atoms with Crippen molar-refractivity contribution in [3.8, 4) is 11.4 Å². The standard InChI is InChI=1S/C22H18FN5O3/c1-13-2-4-14(5-3-13)6-9-20(29)25-15-7-8-17(18(23)10-15)22-26-21-19(28(22)31)11-16(27-30)12-24-21/h2-12,27,30-31H,1H3,(H,25,29)/p+1/b9-6+. The van der Waals surface area contributed by atoms with E-state index in [0.29, 0.717) is 10.4 Å². The molecule has 156 valence electrons. The maximum absolute atomic E-state index is 14.7. The number of hydrogen-bond acceptors (Lipinski definition) is 5. The van der Waals surface area contributed by atoms with Crippen molar-refractivity contribution in [3.05, 3.63) is 77.7 Å². The molecule has 0 aliphatic carbocycles. The van der Waals surface area contributed by atoms with E-state index in [-0.39, 0.29) is 28.2 Å². The van der Waals surface area contributed by atoms with Crippen LogP contribution < -0.4 is 10.8 Å². The van der Waals surface area contributed by atoms with Crippen LogP contribution in [-0.4, -0.2) is 31.0 Å². The summed E-state index contributed by atoms with van der Waals surface area (Å²) >= 11 is 0. The molecule has 4 aromatic rings. The van der Waals surface area contributed by atoms with Gasteiger partial charge in [0.15, 0.2) is 17.2 Å². The van der Waals surface area contributed by atoms with Gasteiger partial charge in [0.05, 0.1) is 11.8 Å². The summed E-state index contributed by atoms with van der Waals surface area (Å²) in [5.41, 5.74) is 3.91. The van der Waals surface area contributed by atoms with Crippen LogP contribution >= 0.6 is 0 Å². The lowest BCUT2D eigenvalue weighted by Gasteiger charge is -2.06. The molecule has 2 heterocycles. The summed E-state index contributed by atoms with van der Waals surface area (Å²) in [6, 6.07) is 13.2. The number of pyridine rings is 1. The highest BCUT2D eigenvalue weighted by Crippen LogP contribution is 2.27. The highest BCUT2D eigenvalue weighted by Gasteiger charge is 2.18. The van der Waals surface area contributed by atoms with E-state index >= 15 is 0 Å². The molecule has 0 saturated heterocycles. The Morgan fingerprint density at radius 1 is 1.19 bits per heavy atom. The van der Waals surface area contributed by atoms with Crippen LogP contribution in [0.15, 0.2) is 60.8 Å². The smallest absolute Gasteiger partial charge is 0.248 e. The summed E-state index contributed by atoms with van der Waals surface area (Å²) in [6.07, 6.45) is 4.40. The third-order valence-electron chi connectivity index (χ3n) is 4.64. The Hall–Kier alpha value is -4.08. The topological polar surface area (TPSA) is 117 Å². The van der Waals surface area contributed by atoms with Crippen LogP contribution in [0.5, 0.6) is 0 Å². The van der Waals surface area contributed by atoms with Crippen LogP contribution in [-0.2, 0) is 4.79 Å². The summed E-state index contributed by atoms with van der Waals surface area (Å²) in [5, 5.41) is 22.1. The minimum absolute atomic E-state index is 0.0308. The average molecular weight is 420 g/mol. The molecular weight excluding hydrogens is 401 g/mol. The minimum atomic E-state index is -0.681. The Morgan fingerprint density at radius 2 is 1.97 bits per heavy atom. The van der Waals surface area contributed by atoms with Crippen molar-refractivity contribution in [1.82, 2.24) is 14.7 Å². The maximum atomic E-state index is 14.7. The van der Waals surface area contributed by atoms with Crippen molar-refractivity contribution in [2.24, 2.45) is 0 Å². The van der Waals surface area contributed by atoms with Crippen LogP contribution in [0.25, 0.3) is 28.6 Å². The number of anilines is 1. The molecule has 8 nitrogen and oxygen atoms in total. The van der Waals surface area contributed by atoms with Gasteiger partial charge in [0.25, 0.3) is 0 Å². The fourth-order valence-electron chi connectivity index (χ4n) is 3.02. The van der Waals surface area contributed by atoms with E-state index in [1.54, 1.807) is 6.08 Å². The molecule has 0 radical (unpaired) electrons. The van der Waals surface area contributed by atoms with E-state index in [2.05, 4.69) is 15.3 Å². The molecule has 2 aromatic heterocycles. The molecular formula is C22H19FN5O3+. The Balaban J connectivity index is 1.54. The Kier molecular flexibility index (Phi) is 5.44. The number of nitrogens with one attached hydrogen (secondary N) is 1. The monoisotopic (exact) mass is 420 g/mol. The molecule has 0 bridgehead atoms. The second kappa shape index (κ2) is 8.34. The van der Waals surface area contributed by atoms with Crippen molar-refractivity contribution in [3.63, 3.8) is 0 Å². The van der Waals surface area contributed by atoms with Crippen molar-refractivity contribution in [1.29, 1.82) is 0 Å². The minimum Gasteiger partial charge on any atom is -0.426 e. The number of imidazole rings is 1. The van der Waals surface area contributed by atoms with E-state index in [0.717, 1.165) is 22.7 Å². The van der Waals surface area contributed by atoms with Crippen molar-refractivity contribution in [2.45, 2.75) is 6.92 Å².